The van der Waals surface area contributed by atoms with Crippen LogP contribution in [0.1, 0.15) is 23.0 Å². The van der Waals surface area contributed by atoms with Gasteiger partial charge in [-0.15, -0.1) is 10.2 Å². The van der Waals surface area contributed by atoms with Crippen molar-refractivity contribution in [1.29, 1.82) is 5.26 Å². The smallest absolute Gasteiger partial charge is 0.257 e. The molecule has 0 unspecified atom stereocenters. The molecule has 1 N–H and O–H groups in total. The second-order valence-electron chi connectivity index (χ2n) is 7.97. The van der Waals surface area contributed by atoms with Gasteiger partial charge in [0.2, 0.25) is 16.0 Å². The lowest BCUT2D eigenvalue weighted by atomic mass is 10.0. The molecule has 0 spiro atoms. The van der Waals surface area contributed by atoms with Gasteiger partial charge in [-0.1, -0.05) is 23.7 Å². The summed E-state index contributed by atoms with van der Waals surface area (Å²) in [5.74, 6) is 0.986. The van der Waals surface area contributed by atoms with E-state index in [0.29, 0.717) is 39.1 Å². The van der Waals surface area contributed by atoms with Gasteiger partial charge in [0.15, 0.2) is 11.6 Å². The Morgan fingerprint density at radius 2 is 2.05 bits per heavy atom. The maximum atomic E-state index is 13.0. The summed E-state index contributed by atoms with van der Waals surface area (Å²) in [5.41, 5.74) is 1.67. The van der Waals surface area contributed by atoms with E-state index in [9.17, 15) is 13.7 Å². The standard InChI is InChI=1S/C23H19ClN8O4S/c1-35-22-20-17(5-7-26-22)21-29-30-23(31-37(33,34)8-6-19-27-11-16(24)12-28-19)32(21)18(13-36-20)15-4-2-3-14(9-15)10-25/h2-5,7,9,11-12,18H,6,8,13H2,1H3,(H,30,31)/t18-/m1/s1. The number of aromatic nitrogens is 6. The van der Waals surface area contributed by atoms with Gasteiger partial charge in [0.25, 0.3) is 5.88 Å². The topological polar surface area (TPSA) is 158 Å². The van der Waals surface area contributed by atoms with Crippen molar-refractivity contribution < 1.29 is 17.9 Å². The Morgan fingerprint density at radius 3 is 2.81 bits per heavy atom. The number of sulfonamides is 1. The summed E-state index contributed by atoms with van der Waals surface area (Å²) < 4.78 is 41.7. The first-order valence-electron chi connectivity index (χ1n) is 11.0. The Morgan fingerprint density at radius 1 is 1.24 bits per heavy atom. The Balaban J connectivity index is 1.55. The third-order valence-electron chi connectivity index (χ3n) is 5.61. The number of rotatable bonds is 7. The molecular weight excluding hydrogens is 520 g/mol. The summed E-state index contributed by atoms with van der Waals surface area (Å²) in [7, 11) is -2.41. The second-order valence-corrected chi connectivity index (χ2v) is 10.2. The zero-order valence-electron chi connectivity index (χ0n) is 19.4. The fourth-order valence-corrected chi connectivity index (χ4v) is 4.98. The molecule has 0 aliphatic carbocycles. The molecule has 0 bridgehead atoms. The molecule has 4 aromatic rings. The number of pyridine rings is 1. The fraction of sp³-hybridized carbons (Fsp3) is 0.217. The molecular formula is C23H19ClN8O4S. The number of ether oxygens (including phenoxy) is 2. The lowest BCUT2D eigenvalue weighted by Gasteiger charge is -2.20. The second kappa shape index (κ2) is 10.00. The molecule has 1 aromatic carbocycles. The van der Waals surface area contributed by atoms with Crippen LogP contribution >= 0.6 is 11.6 Å². The zero-order valence-corrected chi connectivity index (χ0v) is 20.9. The number of fused-ring (bicyclic) bond motifs is 3. The van der Waals surface area contributed by atoms with Crippen molar-refractivity contribution >= 4 is 27.6 Å². The Labute approximate surface area is 217 Å². The van der Waals surface area contributed by atoms with Gasteiger partial charge >= 0.3 is 0 Å². The first-order chi connectivity index (χ1) is 17.9. The molecule has 0 amide bonds. The van der Waals surface area contributed by atoms with Crippen molar-refractivity contribution in [1.82, 2.24) is 29.7 Å². The molecule has 0 saturated heterocycles. The maximum Gasteiger partial charge on any atom is 0.257 e. The minimum Gasteiger partial charge on any atom is -0.485 e. The molecule has 0 fully saturated rings. The maximum absolute atomic E-state index is 13.0. The quantitative estimate of drug-likeness (QED) is 0.370. The highest BCUT2D eigenvalue weighted by Gasteiger charge is 2.32. The monoisotopic (exact) mass is 538 g/mol. The van der Waals surface area contributed by atoms with Gasteiger partial charge in [0.1, 0.15) is 12.4 Å². The largest absolute Gasteiger partial charge is 0.485 e. The van der Waals surface area contributed by atoms with Crippen LogP contribution in [0.3, 0.4) is 0 Å². The third-order valence-corrected chi connectivity index (χ3v) is 7.04. The lowest BCUT2D eigenvalue weighted by Crippen LogP contribution is -2.24. The van der Waals surface area contributed by atoms with Crippen LogP contribution < -0.4 is 14.2 Å². The van der Waals surface area contributed by atoms with Gasteiger partial charge in [-0.3, -0.25) is 9.29 Å². The summed E-state index contributed by atoms with van der Waals surface area (Å²) in [4.78, 5) is 12.3. The minimum absolute atomic E-state index is 0.00776. The number of benzene rings is 1. The van der Waals surface area contributed by atoms with Gasteiger partial charge in [-0.05, 0) is 23.8 Å². The Kier molecular flexibility index (Phi) is 6.60. The average Bonchev–Trinajstić information content (AvgIpc) is 3.22. The Bertz CT molecular complexity index is 1600. The van der Waals surface area contributed by atoms with E-state index in [-0.39, 0.29) is 30.6 Å². The van der Waals surface area contributed by atoms with Crippen molar-refractivity contribution in [2.75, 3.05) is 24.2 Å². The van der Waals surface area contributed by atoms with Gasteiger partial charge in [-0.25, -0.2) is 23.4 Å². The third kappa shape index (κ3) is 5.02. The molecule has 1 aliphatic heterocycles. The molecule has 1 aliphatic rings. The minimum atomic E-state index is -3.88. The summed E-state index contributed by atoms with van der Waals surface area (Å²) >= 11 is 5.80. The highest BCUT2D eigenvalue weighted by atomic mass is 35.5. The average molecular weight is 539 g/mol. The van der Waals surface area contributed by atoms with Crippen molar-refractivity contribution in [3.05, 3.63) is 70.9 Å². The van der Waals surface area contributed by atoms with Crippen molar-refractivity contribution in [3.8, 4) is 29.1 Å². The molecule has 0 radical (unpaired) electrons. The van der Waals surface area contributed by atoms with Crippen LogP contribution in [0.2, 0.25) is 5.02 Å². The van der Waals surface area contributed by atoms with Crippen LogP contribution in [0, 0.1) is 11.3 Å². The van der Waals surface area contributed by atoms with Crippen molar-refractivity contribution in [3.63, 3.8) is 0 Å². The van der Waals surface area contributed by atoms with E-state index in [0.717, 1.165) is 0 Å². The number of methoxy groups -OCH3 is 1. The SMILES string of the molecule is COc1nccc2c1OC[C@H](c1cccc(C#N)c1)n1c(NS(=O)(=O)CCc3ncc(Cl)cn3)nnc1-2. The van der Waals surface area contributed by atoms with Gasteiger partial charge in [-0.2, -0.15) is 5.26 Å². The molecule has 12 nitrogen and oxygen atoms in total. The fourth-order valence-electron chi connectivity index (χ4n) is 3.91. The summed E-state index contributed by atoms with van der Waals surface area (Å²) in [6.07, 6.45) is 4.41. The van der Waals surface area contributed by atoms with Gasteiger partial charge in [0.05, 0.1) is 41.1 Å². The summed E-state index contributed by atoms with van der Waals surface area (Å²) in [6, 6.07) is 10.2. The molecule has 1 atom stereocenters. The van der Waals surface area contributed by atoms with Crippen molar-refractivity contribution in [2.45, 2.75) is 12.5 Å². The molecule has 4 heterocycles. The van der Waals surface area contributed by atoms with Gasteiger partial charge < -0.3 is 9.47 Å². The Hall–Kier alpha value is -4.28. The predicted molar refractivity (Wildman–Crippen MR) is 133 cm³/mol. The highest BCUT2D eigenvalue weighted by molar-refractivity contribution is 7.92. The van der Waals surface area contributed by atoms with Crippen LogP contribution in [-0.2, 0) is 16.4 Å². The predicted octanol–water partition coefficient (Wildman–Crippen LogP) is 2.63. The molecule has 37 heavy (non-hydrogen) atoms. The van der Waals surface area contributed by atoms with E-state index in [1.165, 1.54) is 25.7 Å². The van der Waals surface area contributed by atoms with E-state index in [2.05, 4.69) is 35.9 Å². The number of nitrogens with one attached hydrogen (secondary N) is 1. The van der Waals surface area contributed by atoms with E-state index in [1.54, 1.807) is 28.8 Å². The van der Waals surface area contributed by atoms with Crippen LogP contribution in [0.5, 0.6) is 11.6 Å². The van der Waals surface area contributed by atoms with Crippen molar-refractivity contribution in [2.24, 2.45) is 0 Å². The van der Waals surface area contributed by atoms with E-state index < -0.39 is 16.1 Å². The number of nitrogens with zero attached hydrogens (tertiary/aromatic N) is 7. The zero-order chi connectivity index (χ0) is 26.0. The van der Waals surface area contributed by atoms with Crippen LogP contribution in [0.4, 0.5) is 5.95 Å². The summed E-state index contributed by atoms with van der Waals surface area (Å²) in [5, 5.41) is 18.2. The number of hydrogen-bond donors (Lipinski definition) is 1. The number of hydrogen-bond acceptors (Lipinski definition) is 10. The lowest BCUT2D eigenvalue weighted by molar-refractivity contribution is 0.263. The first kappa shape index (κ1) is 24.4. The number of anilines is 1. The summed E-state index contributed by atoms with van der Waals surface area (Å²) in [6.45, 7) is 0.0717. The molecule has 0 saturated carbocycles. The van der Waals surface area contributed by atoms with Crippen LogP contribution in [0.25, 0.3) is 11.4 Å². The molecule has 5 rings (SSSR count). The highest BCUT2D eigenvalue weighted by Crippen LogP contribution is 2.42. The van der Waals surface area contributed by atoms with Crippen LogP contribution in [0.15, 0.2) is 48.9 Å². The van der Waals surface area contributed by atoms with E-state index >= 15 is 0 Å². The number of aryl methyl sites for hydroxylation is 1. The van der Waals surface area contributed by atoms with E-state index in [4.69, 9.17) is 21.1 Å². The number of halogens is 1. The van der Waals surface area contributed by atoms with Crippen LogP contribution in [-0.4, -0.2) is 57.6 Å². The number of nitriles is 1. The molecule has 188 valence electrons. The molecule has 14 heteroatoms. The first-order valence-corrected chi connectivity index (χ1v) is 13.0. The molecule has 3 aromatic heterocycles. The van der Waals surface area contributed by atoms with E-state index in [1.807, 2.05) is 6.07 Å². The van der Waals surface area contributed by atoms with Gasteiger partial charge in [0, 0.05) is 25.0 Å². The normalized spacial score (nSPS) is 14.5.